The number of nitrogens with one attached hydrogen (secondary N) is 1. The summed E-state index contributed by atoms with van der Waals surface area (Å²) < 4.78 is 31.6. The van der Waals surface area contributed by atoms with E-state index in [9.17, 15) is 19.2 Å². The number of nitrogens with zero attached hydrogens (tertiary/aromatic N) is 2. The highest BCUT2D eigenvalue weighted by Gasteiger charge is 2.24. The number of benzene rings is 4. The van der Waals surface area contributed by atoms with Gasteiger partial charge in [-0.05, 0) is 148 Å². The first-order valence-corrected chi connectivity index (χ1v) is 19.6. The van der Waals surface area contributed by atoms with Crippen LogP contribution in [0.1, 0.15) is 91.6 Å². The molecular weight excluding hydrogens is 778 g/mol. The first-order valence-electron chi connectivity index (χ1n) is 19.3. The number of aliphatic imine (C=N–C) groups is 1. The van der Waals surface area contributed by atoms with E-state index in [1.165, 1.54) is 38.1 Å². The molecule has 2 aliphatic heterocycles. The predicted molar refractivity (Wildman–Crippen MR) is 226 cm³/mol. The Kier molecular flexibility index (Phi) is 17.9. The molecule has 4 aromatic rings. The average Bonchev–Trinajstić information content (AvgIpc) is 3.24. The van der Waals surface area contributed by atoms with Gasteiger partial charge in [0.15, 0.2) is 28.8 Å². The Morgan fingerprint density at radius 3 is 1.59 bits per heavy atom. The van der Waals surface area contributed by atoms with Crippen LogP contribution < -0.4 is 33.8 Å². The first-order chi connectivity index (χ1) is 28.5. The van der Waals surface area contributed by atoms with Gasteiger partial charge in [-0.15, -0.1) is 0 Å². The van der Waals surface area contributed by atoms with E-state index in [1.807, 2.05) is 50.2 Å². The Morgan fingerprint density at radius 1 is 0.661 bits per heavy atom. The number of methoxy groups -OCH3 is 2. The van der Waals surface area contributed by atoms with Gasteiger partial charge in [-0.1, -0.05) is 0 Å². The zero-order chi connectivity index (χ0) is 42.7. The number of hydrogen-bond acceptors (Lipinski definition) is 13. The summed E-state index contributed by atoms with van der Waals surface area (Å²) in [6, 6.07) is 23.9. The van der Waals surface area contributed by atoms with E-state index in [0.717, 1.165) is 66.3 Å². The highest BCUT2D eigenvalue weighted by atomic mass is 35.5. The van der Waals surface area contributed by atoms with Crippen molar-refractivity contribution in [1.29, 1.82) is 0 Å². The fourth-order valence-electron chi connectivity index (χ4n) is 6.05. The summed E-state index contributed by atoms with van der Waals surface area (Å²) >= 11 is 5.21. The lowest BCUT2D eigenvalue weighted by molar-refractivity contribution is -0.132. The van der Waals surface area contributed by atoms with Crippen LogP contribution in [0.15, 0.2) is 95.0 Å². The zero-order valence-corrected chi connectivity index (χ0v) is 34.9. The normalized spacial score (nSPS) is 14.2. The average molecular weight is 828 g/mol. The Balaban J connectivity index is 0.000000216. The van der Waals surface area contributed by atoms with Crippen LogP contribution in [-0.4, -0.2) is 74.4 Å². The Morgan fingerprint density at radius 2 is 1.15 bits per heavy atom. The van der Waals surface area contributed by atoms with Crippen LogP contribution in [0, 0.1) is 0 Å². The van der Waals surface area contributed by atoms with E-state index in [0.29, 0.717) is 53.8 Å². The van der Waals surface area contributed by atoms with Crippen LogP contribution in [0.25, 0.3) is 0 Å². The molecular formula is C45H50ClN3O10. The van der Waals surface area contributed by atoms with Crippen LogP contribution in [0.5, 0.6) is 34.5 Å². The second-order valence-corrected chi connectivity index (χ2v) is 13.4. The second-order valence-electron chi connectivity index (χ2n) is 13.0. The third-order valence-electron chi connectivity index (χ3n) is 8.76. The highest BCUT2D eigenvalue weighted by Crippen LogP contribution is 2.31. The number of esters is 2. The van der Waals surface area contributed by atoms with Crippen molar-refractivity contribution in [3.8, 4) is 34.5 Å². The SMILES string of the molecule is CC(=O)Oc1ccc(C(=O)Cl)cc1.CCOc1cc(C2=NC(C(=O)c3ccc(OC(C)=O)cc3)CCC2)ccc1OC.CCOc1cc(C2=NNCCC2)ccc1OC. The number of carbonyl (C=O) groups is 4. The molecule has 0 saturated heterocycles. The van der Waals surface area contributed by atoms with Crippen molar-refractivity contribution in [3.63, 3.8) is 0 Å². The predicted octanol–water partition coefficient (Wildman–Crippen LogP) is 8.42. The van der Waals surface area contributed by atoms with Crippen LogP contribution in [0.4, 0.5) is 0 Å². The van der Waals surface area contributed by atoms with Crippen LogP contribution >= 0.6 is 11.6 Å². The maximum Gasteiger partial charge on any atom is 0.308 e. The van der Waals surface area contributed by atoms with Gasteiger partial charge in [0.05, 0.1) is 33.1 Å². The molecule has 0 fully saturated rings. The van der Waals surface area contributed by atoms with Gasteiger partial charge in [0.25, 0.3) is 5.24 Å². The molecule has 0 aliphatic carbocycles. The van der Waals surface area contributed by atoms with E-state index in [4.69, 9.17) is 45.0 Å². The molecule has 1 N–H and O–H groups in total. The van der Waals surface area contributed by atoms with Gasteiger partial charge in [-0.25, -0.2) is 0 Å². The van der Waals surface area contributed by atoms with Gasteiger partial charge in [0.2, 0.25) is 0 Å². The van der Waals surface area contributed by atoms with E-state index in [2.05, 4.69) is 10.5 Å². The maximum atomic E-state index is 12.9. The second kappa shape index (κ2) is 23.3. The molecule has 59 heavy (non-hydrogen) atoms. The zero-order valence-electron chi connectivity index (χ0n) is 34.2. The lowest BCUT2D eigenvalue weighted by Crippen LogP contribution is -2.25. The number of carbonyl (C=O) groups excluding carboxylic acids is 4. The molecule has 0 amide bonds. The summed E-state index contributed by atoms with van der Waals surface area (Å²) in [5.74, 6) is 2.88. The number of Topliss-reactive ketones (excluding diaryl/α,β-unsaturated/α-hetero) is 1. The number of rotatable bonds is 13. The summed E-state index contributed by atoms with van der Waals surface area (Å²) in [7, 11) is 3.26. The van der Waals surface area contributed by atoms with Gasteiger partial charge in [-0.2, -0.15) is 5.10 Å². The summed E-state index contributed by atoms with van der Waals surface area (Å²) in [4.78, 5) is 49.8. The monoisotopic (exact) mass is 827 g/mol. The Hall–Kier alpha value is -6.21. The minimum absolute atomic E-state index is 0.0323. The van der Waals surface area contributed by atoms with Gasteiger partial charge in [0.1, 0.15) is 17.5 Å². The van der Waals surface area contributed by atoms with E-state index >= 15 is 0 Å². The van der Waals surface area contributed by atoms with Crippen molar-refractivity contribution in [3.05, 3.63) is 107 Å². The molecule has 14 heteroatoms. The standard InChI is InChI=1S/C23H25NO5.C13H18N2O2.C9H7ClO3/c1-4-28-22-14-17(10-13-21(22)27-3)19-6-5-7-20(24-19)23(26)16-8-11-18(12-9-16)29-15(2)25;1-3-17-13-9-10(6-7-12(13)16-2)11-5-4-8-14-15-11;1-6(11)13-8-4-2-7(3-5-8)9(10)12/h8-14,20H,4-7H2,1-3H3;6-7,9,14H,3-5,8H2,1-2H3;2-5H,1H3. The van der Waals surface area contributed by atoms with Gasteiger partial charge >= 0.3 is 11.9 Å². The number of ketones is 1. The van der Waals surface area contributed by atoms with Crippen LogP contribution in [-0.2, 0) is 9.59 Å². The molecule has 6 rings (SSSR count). The van der Waals surface area contributed by atoms with Crippen molar-refractivity contribution in [1.82, 2.24) is 5.43 Å². The molecule has 0 bridgehead atoms. The van der Waals surface area contributed by atoms with Gasteiger partial charge < -0.3 is 33.8 Å². The lowest BCUT2D eigenvalue weighted by atomic mass is 9.93. The van der Waals surface area contributed by atoms with Crippen molar-refractivity contribution < 1.29 is 47.6 Å². The molecule has 4 aromatic carbocycles. The Bertz CT molecular complexity index is 2120. The maximum absolute atomic E-state index is 12.9. The van der Waals surface area contributed by atoms with Crippen molar-refractivity contribution in [2.45, 2.75) is 65.8 Å². The van der Waals surface area contributed by atoms with Crippen LogP contribution in [0.3, 0.4) is 0 Å². The minimum atomic E-state index is -0.533. The molecule has 2 heterocycles. The number of hydrogen-bond donors (Lipinski definition) is 1. The summed E-state index contributed by atoms with van der Waals surface area (Å²) in [5, 5.41) is 3.79. The molecule has 0 aromatic heterocycles. The fraction of sp³-hybridized carbons (Fsp3) is 0.333. The third kappa shape index (κ3) is 14.0. The van der Waals surface area contributed by atoms with Crippen molar-refractivity contribution in [2.75, 3.05) is 34.0 Å². The molecule has 312 valence electrons. The molecule has 0 saturated carbocycles. The topological polar surface area (TPSA) is 160 Å². The Labute approximate surface area is 349 Å². The summed E-state index contributed by atoms with van der Waals surface area (Å²) in [5.41, 5.74) is 7.98. The molecule has 13 nitrogen and oxygen atoms in total. The molecule has 2 aliphatic rings. The van der Waals surface area contributed by atoms with Gasteiger partial charge in [0, 0.05) is 42.8 Å². The number of halogens is 1. The first kappa shape index (κ1) is 45.5. The molecule has 0 radical (unpaired) electrons. The van der Waals surface area contributed by atoms with Crippen molar-refractivity contribution >= 4 is 46.0 Å². The van der Waals surface area contributed by atoms with Gasteiger partial charge in [-0.3, -0.25) is 24.2 Å². The highest BCUT2D eigenvalue weighted by molar-refractivity contribution is 6.67. The summed E-state index contributed by atoms with van der Waals surface area (Å²) in [6.07, 6.45) is 4.53. The largest absolute Gasteiger partial charge is 0.493 e. The third-order valence-corrected chi connectivity index (χ3v) is 8.98. The molecule has 1 atom stereocenters. The van der Waals surface area contributed by atoms with Crippen molar-refractivity contribution in [2.24, 2.45) is 10.1 Å². The van der Waals surface area contributed by atoms with E-state index in [1.54, 1.807) is 38.5 Å². The smallest absolute Gasteiger partial charge is 0.308 e. The van der Waals surface area contributed by atoms with E-state index in [-0.39, 0.29) is 5.78 Å². The van der Waals surface area contributed by atoms with Crippen LogP contribution in [0.2, 0.25) is 0 Å². The minimum Gasteiger partial charge on any atom is -0.493 e. The number of hydrazone groups is 1. The lowest BCUT2D eigenvalue weighted by Gasteiger charge is -2.21. The quantitative estimate of drug-likeness (QED) is 0.0597. The molecule has 0 spiro atoms. The van der Waals surface area contributed by atoms with E-state index < -0.39 is 23.2 Å². The number of ether oxygens (including phenoxy) is 6. The summed E-state index contributed by atoms with van der Waals surface area (Å²) in [6.45, 7) is 8.66. The fourth-order valence-corrected chi connectivity index (χ4v) is 6.18. The molecule has 1 unspecified atom stereocenters.